The largest absolute Gasteiger partial charge is 0.341 e. The lowest BCUT2D eigenvalue weighted by Gasteiger charge is -2.22. The number of hydrogen-bond acceptors (Lipinski definition) is 2. The number of aryl methyl sites for hydroxylation is 1. The Morgan fingerprint density at radius 2 is 1.57 bits per heavy atom. The summed E-state index contributed by atoms with van der Waals surface area (Å²) >= 11 is 9.33. The number of nitrogens with zero attached hydrogens (tertiary/aromatic N) is 2. The molecule has 2 aromatic rings. The van der Waals surface area contributed by atoms with Crippen molar-refractivity contribution in [3.05, 3.63) is 63.6 Å². The van der Waals surface area contributed by atoms with Crippen LogP contribution in [0.25, 0.3) is 0 Å². The zero-order valence-corrected chi connectivity index (χ0v) is 19.3. The number of carbonyl (C=O) groups excluding carboxylic acids is 2. The minimum Gasteiger partial charge on any atom is -0.341 e. The molecule has 0 saturated carbocycles. The monoisotopic (exact) mass is 491 g/mol. The van der Waals surface area contributed by atoms with Crippen molar-refractivity contribution in [3.8, 4) is 0 Å². The highest BCUT2D eigenvalue weighted by Crippen LogP contribution is 2.16. The van der Waals surface area contributed by atoms with Crippen LogP contribution < -0.4 is 5.32 Å². The predicted octanol–water partition coefficient (Wildman–Crippen LogP) is 5.58. The van der Waals surface area contributed by atoms with Crippen molar-refractivity contribution in [2.75, 3.05) is 31.5 Å². The molecule has 1 saturated heterocycles. The van der Waals surface area contributed by atoms with Crippen molar-refractivity contribution in [2.45, 2.75) is 32.1 Å². The Labute approximate surface area is 191 Å². The van der Waals surface area contributed by atoms with E-state index in [4.69, 9.17) is 11.6 Å². The fourth-order valence-electron chi connectivity index (χ4n) is 3.52. The Hall–Kier alpha value is -2.05. The van der Waals surface area contributed by atoms with Crippen LogP contribution in [0.1, 0.15) is 31.2 Å². The summed E-state index contributed by atoms with van der Waals surface area (Å²) in [6.45, 7) is 2.48. The van der Waals surface area contributed by atoms with Gasteiger partial charge in [0, 0.05) is 47.8 Å². The van der Waals surface area contributed by atoms with Crippen LogP contribution >= 0.6 is 27.5 Å². The Kier molecular flexibility index (Phi) is 8.58. The van der Waals surface area contributed by atoms with Gasteiger partial charge in [-0.25, -0.2) is 4.79 Å². The summed E-state index contributed by atoms with van der Waals surface area (Å²) in [6, 6.07) is 15.2. The van der Waals surface area contributed by atoms with Gasteiger partial charge in [-0.15, -0.1) is 0 Å². The number of amides is 3. The van der Waals surface area contributed by atoms with Crippen LogP contribution in [0, 0.1) is 0 Å². The molecule has 7 heteroatoms. The zero-order chi connectivity index (χ0) is 21.3. The van der Waals surface area contributed by atoms with Gasteiger partial charge in [-0.05, 0) is 67.6 Å². The van der Waals surface area contributed by atoms with Gasteiger partial charge >= 0.3 is 6.03 Å². The number of benzene rings is 2. The van der Waals surface area contributed by atoms with Crippen molar-refractivity contribution in [1.82, 2.24) is 9.80 Å². The molecule has 2 aromatic carbocycles. The first-order valence-corrected chi connectivity index (χ1v) is 11.5. The molecule has 1 fully saturated rings. The summed E-state index contributed by atoms with van der Waals surface area (Å²) in [5, 5.41) is 3.53. The zero-order valence-electron chi connectivity index (χ0n) is 16.9. The Morgan fingerprint density at radius 3 is 2.30 bits per heavy atom. The predicted molar refractivity (Wildman–Crippen MR) is 125 cm³/mol. The third-order valence-electron chi connectivity index (χ3n) is 5.25. The smallest absolute Gasteiger partial charge is 0.321 e. The summed E-state index contributed by atoms with van der Waals surface area (Å²) in [5.41, 5.74) is 2.01. The fraction of sp³-hybridized carbons (Fsp3) is 0.391. The van der Waals surface area contributed by atoms with E-state index in [1.54, 1.807) is 29.2 Å². The molecular weight excluding hydrogens is 466 g/mol. The number of carbonyl (C=O) groups is 2. The SMILES string of the molecule is O=C(CCCCc1ccc(Br)cc1)N1CCCN(C(=O)Nc2ccc(Cl)cc2)CC1. The molecule has 0 bridgehead atoms. The van der Waals surface area contributed by atoms with Crippen LogP contribution in [0.5, 0.6) is 0 Å². The second-order valence-corrected chi connectivity index (χ2v) is 8.84. The molecule has 0 radical (unpaired) electrons. The minimum absolute atomic E-state index is 0.138. The molecule has 3 amide bonds. The number of halogens is 2. The summed E-state index contributed by atoms with van der Waals surface area (Å²) in [4.78, 5) is 28.8. The molecule has 0 aliphatic carbocycles. The van der Waals surface area contributed by atoms with Gasteiger partial charge in [-0.1, -0.05) is 39.7 Å². The highest BCUT2D eigenvalue weighted by molar-refractivity contribution is 9.10. The maximum atomic E-state index is 12.6. The number of anilines is 1. The lowest BCUT2D eigenvalue weighted by molar-refractivity contribution is -0.131. The molecule has 0 unspecified atom stereocenters. The molecule has 0 atom stereocenters. The molecule has 5 nitrogen and oxygen atoms in total. The van der Waals surface area contributed by atoms with Crippen molar-refractivity contribution >= 4 is 45.2 Å². The Balaban J connectivity index is 1.39. The van der Waals surface area contributed by atoms with Crippen molar-refractivity contribution in [1.29, 1.82) is 0 Å². The second-order valence-electron chi connectivity index (χ2n) is 7.49. The molecular formula is C23H27BrClN3O2. The third kappa shape index (κ3) is 7.03. The van der Waals surface area contributed by atoms with Crippen molar-refractivity contribution in [2.24, 2.45) is 0 Å². The highest BCUT2D eigenvalue weighted by atomic mass is 79.9. The van der Waals surface area contributed by atoms with E-state index in [-0.39, 0.29) is 11.9 Å². The fourth-order valence-corrected chi connectivity index (χ4v) is 3.91. The third-order valence-corrected chi connectivity index (χ3v) is 6.03. The Bertz CT molecular complexity index is 843. The second kappa shape index (κ2) is 11.4. The molecule has 1 N–H and O–H groups in total. The van der Waals surface area contributed by atoms with Crippen LogP contribution in [0.15, 0.2) is 53.0 Å². The van der Waals surface area contributed by atoms with E-state index in [1.165, 1.54) is 5.56 Å². The van der Waals surface area contributed by atoms with E-state index >= 15 is 0 Å². The number of unbranched alkanes of at least 4 members (excludes halogenated alkanes) is 1. The minimum atomic E-state index is -0.138. The maximum Gasteiger partial charge on any atom is 0.321 e. The van der Waals surface area contributed by atoms with Gasteiger partial charge in [0.25, 0.3) is 0 Å². The normalized spacial score (nSPS) is 14.3. The summed E-state index contributed by atoms with van der Waals surface area (Å²) in [7, 11) is 0. The molecule has 30 heavy (non-hydrogen) atoms. The lowest BCUT2D eigenvalue weighted by atomic mass is 10.1. The van der Waals surface area contributed by atoms with E-state index in [9.17, 15) is 9.59 Å². The van der Waals surface area contributed by atoms with E-state index in [2.05, 4.69) is 33.4 Å². The quantitative estimate of drug-likeness (QED) is 0.535. The van der Waals surface area contributed by atoms with Crippen LogP contribution in [0.3, 0.4) is 0 Å². The maximum absolute atomic E-state index is 12.6. The van der Waals surface area contributed by atoms with Crippen LogP contribution in [0.2, 0.25) is 5.02 Å². The van der Waals surface area contributed by atoms with Gasteiger partial charge in [0.1, 0.15) is 0 Å². The van der Waals surface area contributed by atoms with Crippen LogP contribution in [-0.2, 0) is 11.2 Å². The van der Waals surface area contributed by atoms with Crippen molar-refractivity contribution < 1.29 is 9.59 Å². The highest BCUT2D eigenvalue weighted by Gasteiger charge is 2.21. The lowest BCUT2D eigenvalue weighted by Crippen LogP contribution is -2.39. The first kappa shape index (κ1) is 22.6. The van der Waals surface area contributed by atoms with Gasteiger partial charge < -0.3 is 15.1 Å². The number of hydrogen-bond donors (Lipinski definition) is 1. The standard InChI is InChI=1S/C23H27BrClN3O2/c24-19-8-6-18(7-9-19)4-1-2-5-22(29)27-14-3-15-28(17-16-27)23(30)26-21-12-10-20(25)11-13-21/h6-13H,1-5,14-17H2,(H,26,30). The summed E-state index contributed by atoms with van der Waals surface area (Å²) in [6.07, 6.45) is 4.22. The molecule has 1 aliphatic rings. The molecule has 1 aliphatic heterocycles. The average molecular weight is 493 g/mol. The summed E-state index contributed by atoms with van der Waals surface area (Å²) in [5.74, 6) is 0.186. The van der Waals surface area contributed by atoms with Gasteiger partial charge in [0.05, 0.1) is 0 Å². The van der Waals surface area contributed by atoms with E-state index in [0.717, 1.165) is 30.2 Å². The molecule has 1 heterocycles. The molecule has 0 spiro atoms. The van der Waals surface area contributed by atoms with Crippen LogP contribution in [-0.4, -0.2) is 47.9 Å². The van der Waals surface area contributed by atoms with E-state index in [0.29, 0.717) is 43.3 Å². The summed E-state index contributed by atoms with van der Waals surface area (Å²) < 4.78 is 1.08. The number of nitrogens with one attached hydrogen (secondary N) is 1. The van der Waals surface area contributed by atoms with E-state index < -0.39 is 0 Å². The van der Waals surface area contributed by atoms with E-state index in [1.807, 2.05) is 17.0 Å². The van der Waals surface area contributed by atoms with Gasteiger partial charge in [-0.2, -0.15) is 0 Å². The molecule has 3 rings (SSSR count). The van der Waals surface area contributed by atoms with Gasteiger partial charge in [-0.3, -0.25) is 4.79 Å². The van der Waals surface area contributed by atoms with Crippen molar-refractivity contribution in [3.63, 3.8) is 0 Å². The first-order chi connectivity index (χ1) is 14.5. The van der Waals surface area contributed by atoms with Crippen LogP contribution in [0.4, 0.5) is 10.5 Å². The van der Waals surface area contributed by atoms with Gasteiger partial charge in [0.2, 0.25) is 5.91 Å². The first-order valence-electron chi connectivity index (χ1n) is 10.3. The molecule has 160 valence electrons. The van der Waals surface area contributed by atoms with Gasteiger partial charge in [0.15, 0.2) is 0 Å². The number of urea groups is 1. The number of rotatable bonds is 6. The topological polar surface area (TPSA) is 52.7 Å². The molecule has 0 aromatic heterocycles. The average Bonchev–Trinajstić information content (AvgIpc) is 3.00. The Morgan fingerprint density at radius 1 is 0.900 bits per heavy atom.